The van der Waals surface area contributed by atoms with Crippen molar-refractivity contribution in [2.75, 3.05) is 33.4 Å². The molecule has 90 valence electrons. The van der Waals surface area contributed by atoms with E-state index < -0.39 is 5.60 Å². The quantitative estimate of drug-likeness (QED) is 0.638. The van der Waals surface area contributed by atoms with Crippen molar-refractivity contribution in [1.82, 2.24) is 5.32 Å². The summed E-state index contributed by atoms with van der Waals surface area (Å²) in [6.07, 6.45) is 2.65. The maximum absolute atomic E-state index is 10.3. The topological polar surface area (TPSA) is 50.7 Å². The van der Waals surface area contributed by atoms with Crippen LogP contribution in [-0.4, -0.2) is 50.2 Å². The molecule has 1 fully saturated rings. The molecule has 0 aromatic carbocycles. The highest BCUT2D eigenvalue weighted by atomic mass is 16.5. The van der Waals surface area contributed by atoms with Gasteiger partial charge in [-0.1, -0.05) is 6.92 Å². The Morgan fingerprint density at radius 1 is 1.60 bits per heavy atom. The van der Waals surface area contributed by atoms with Gasteiger partial charge in [-0.2, -0.15) is 0 Å². The molecule has 0 aromatic rings. The first-order chi connectivity index (χ1) is 7.20. The van der Waals surface area contributed by atoms with Crippen LogP contribution in [0.5, 0.6) is 0 Å². The van der Waals surface area contributed by atoms with Crippen molar-refractivity contribution in [3.8, 4) is 0 Å². The number of methoxy groups -OCH3 is 1. The SMILES string of the molecule is CCC1CC(O)(CNCCOC)CCO1. The van der Waals surface area contributed by atoms with Gasteiger partial charge in [-0.05, 0) is 6.42 Å². The molecule has 4 nitrogen and oxygen atoms in total. The van der Waals surface area contributed by atoms with E-state index in [1.165, 1.54) is 0 Å². The molecular formula is C11H23NO3. The number of rotatable bonds is 6. The minimum Gasteiger partial charge on any atom is -0.388 e. The van der Waals surface area contributed by atoms with E-state index in [2.05, 4.69) is 12.2 Å². The molecule has 0 saturated carbocycles. The third kappa shape index (κ3) is 4.47. The van der Waals surface area contributed by atoms with E-state index in [4.69, 9.17) is 9.47 Å². The molecule has 15 heavy (non-hydrogen) atoms. The lowest BCUT2D eigenvalue weighted by atomic mass is 9.89. The second-order valence-corrected chi connectivity index (χ2v) is 4.25. The molecule has 0 spiro atoms. The van der Waals surface area contributed by atoms with E-state index in [1.807, 2.05) is 0 Å². The lowest BCUT2D eigenvalue weighted by Gasteiger charge is -2.36. The van der Waals surface area contributed by atoms with Gasteiger partial charge in [0.25, 0.3) is 0 Å². The minimum absolute atomic E-state index is 0.216. The van der Waals surface area contributed by atoms with Crippen LogP contribution in [0, 0.1) is 0 Å². The summed E-state index contributed by atoms with van der Waals surface area (Å²) < 4.78 is 10.5. The van der Waals surface area contributed by atoms with Crippen LogP contribution >= 0.6 is 0 Å². The molecule has 1 aliphatic rings. The summed E-state index contributed by atoms with van der Waals surface area (Å²) >= 11 is 0. The molecule has 0 amide bonds. The van der Waals surface area contributed by atoms with Crippen molar-refractivity contribution in [2.45, 2.75) is 37.9 Å². The summed E-state index contributed by atoms with van der Waals surface area (Å²) in [5.41, 5.74) is -0.591. The molecule has 2 atom stereocenters. The van der Waals surface area contributed by atoms with Crippen LogP contribution in [-0.2, 0) is 9.47 Å². The lowest BCUT2D eigenvalue weighted by molar-refractivity contribution is -0.102. The van der Waals surface area contributed by atoms with E-state index in [-0.39, 0.29) is 6.10 Å². The van der Waals surface area contributed by atoms with E-state index in [0.717, 1.165) is 25.8 Å². The molecular weight excluding hydrogens is 194 g/mol. The summed E-state index contributed by atoms with van der Waals surface area (Å²) in [6, 6.07) is 0. The van der Waals surface area contributed by atoms with Crippen molar-refractivity contribution in [2.24, 2.45) is 0 Å². The van der Waals surface area contributed by atoms with Crippen LogP contribution in [0.1, 0.15) is 26.2 Å². The Kier molecular flexibility index (Phi) is 5.53. The number of nitrogens with one attached hydrogen (secondary N) is 1. The average molecular weight is 217 g/mol. The molecule has 2 N–H and O–H groups in total. The van der Waals surface area contributed by atoms with Gasteiger partial charge >= 0.3 is 0 Å². The molecule has 1 heterocycles. The predicted molar refractivity (Wildman–Crippen MR) is 59.0 cm³/mol. The van der Waals surface area contributed by atoms with Crippen molar-refractivity contribution >= 4 is 0 Å². The number of hydrogen-bond acceptors (Lipinski definition) is 4. The fraction of sp³-hybridized carbons (Fsp3) is 1.00. The van der Waals surface area contributed by atoms with Crippen LogP contribution in [0.2, 0.25) is 0 Å². The summed E-state index contributed by atoms with van der Waals surface area (Å²) in [7, 11) is 1.68. The Morgan fingerprint density at radius 2 is 2.40 bits per heavy atom. The van der Waals surface area contributed by atoms with Crippen molar-refractivity contribution in [3.63, 3.8) is 0 Å². The minimum atomic E-state index is -0.591. The van der Waals surface area contributed by atoms with Gasteiger partial charge in [-0.25, -0.2) is 0 Å². The molecule has 0 aromatic heterocycles. The highest BCUT2D eigenvalue weighted by Crippen LogP contribution is 2.25. The Hall–Kier alpha value is -0.160. The van der Waals surface area contributed by atoms with Gasteiger partial charge in [0.1, 0.15) is 0 Å². The largest absolute Gasteiger partial charge is 0.388 e. The Morgan fingerprint density at radius 3 is 3.07 bits per heavy atom. The van der Waals surface area contributed by atoms with Gasteiger partial charge in [-0.3, -0.25) is 0 Å². The second-order valence-electron chi connectivity index (χ2n) is 4.25. The zero-order valence-corrected chi connectivity index (χ0v) is 9.79. The molecule has 1 aliphatic heterocycles. The van der Waals surface area contributed by atoms with E-state index in [1.54, 1.807) is 7.11 Å². The number of hydrogen-bond donors (Lipinski definition) is 2. The maximum atomic E-state index is 10.3. The van der Waals surface area contributed by atoms with Gasteiger partial charge < -0.3 is 19.9 Å². The zero-order valence-electron chi connectivity index (χ0n) is 9.79. The number of ether oxygens (including phenoxy) is 2. The summed E-state index contributed by atoms with van der Waals surface area (Å²) in [5, 5.41) is 13.5. The van der Waals surface area contributed by atoms with Crippen molar-refractivity contribution in [3.05, 3.63) is 0 Å². The molecule has 0 aliphatic carbocycles. The molecule has 1 saturated heterocycles. The highest BCUT2D eigenvalue weighted by Gasteiger charge is 2.33. The van der Waals surface area contributed by atoms with Gasteiger partial charge in [-0.15, -0.1) is 0 Å². The van der Waals surface area contributed by atoms with Gasteiger partial charge in [0, 0.05) is 39.6 Å². The zero-order chi connectivity index (χ0) is 11.1. The summed E-state index contributed by atoms with van der Waals surface area (Å²) in [6.45, 7) is 4.87. The number of aliphatic hydroxyl groups is 1. The molecule has 0 radical (unpaired) electrons. The fourth-order valence-corrected chi connectivity index (χ4v) is 1.92. The molecule has 4 heteroatoms. The Balaban J connectivity index is 2.24. The van der Waals surface area contributed by atoms with Gasteiger partial charge in [0.2, 0.25) is 0 Å². The summed E-state index contributed by atoms with van der Waals surface area (Å²) in [4.78, 5) is 0. The third-order valence-electron chi connectivity index (χ3n) is 2.92. The van der Waals surface area contributed by atoms with E-state index >= 15 is 0 Å². The van der Waals surface area contributed by atoms with Crippen LogP contribution < -0.4 is 5.32 Å². The lowest BCUT2D eigenvalue weighted by Crippen LogP contribution is -2.48. The molecule has 2 unspecified atom stereocenters. The third-order valence-corrected chi connectivity index (χ3v) is 2.92. The monoisotopic (exact) mass is 217 g/mol. The van der Waals surface area contributed by atoms with E-state index in [0.29, 0.717) is 19.8 Å². The summed E-state index contributed by atoms with van der Waals surface area (Å²) in [5.74, 6) is 0. The second kappa shape index (κ2) is 6.43. The van der Waals surface area contributed by atoms with E-state index in [9.17, 15) is 5.11 Å². The first kappa shape index (κ1) is 12.9. The molecule has 0 bridgehead atoms. The smallest absolute Gasteiger partial charge is 0.0818 e. The first-order valence-electron chi connectivity index (χ1n) is 5.74. The van der Waals surface area contributed by atoms with Crippen LogP contribution in [0.4, 0.5) is 0 Å². The Bertz CT molecular complexity index is 177. The standard InChI is InChI=1S/C11H23NO3/c1-3-10-8-11(13,4-6-15-10)9-12-5-7-14-2/h10,12-13H,3-9H2,1-2H3. The fourth-order valence-electron chi connectivity index (χ4n) is 1.92. The van der Waals surface area contributed by atoms with Gasteiger partial charge in [0.15, 0.2) is 0 Å². The average Bonchev–Trinajstić information content (AvgIpc) is 2.24. The van der Waals surface area contributed by atoms with Crippen LogP contribution in [0.3, 0.4) is 0 Å². The molecule has 1 rings (SSSR count). The first-order valence-corrected chi connectivity index (χ1v) is 5.74. The highest BCUT2D eigenvalue weighted by molar-refractivity contribution is 4.87. The van der Waals surface area contributed by atoms with Crippen LogP contribution in [0.25, 0.3) is 0 Å². The van der Waals surface area contributed by atoms with Crippen LogP contribution in [0.15, 0.2) is 0 Å². The predicted octanol–water partition coefficient (Wildman–Crippen LogP) is 0.542. The normalized spacial score (nSPS) is 31.8. The van der Waals surface area contributed by atoms with Crippen molar-refractivity contribution < 1.29 is 14.6 Å². The van der Waals surface area contributed by atoms with Gasteiger partial charge in [0.05, 0.1) is 18.3 Å². The maximum Gasteiger partial charge on any atom is 0.0818 e. The Labute approximate surface area is 92.0 Å². The van der Waals surface area contributed by atoms with Crippen molar-refractivity contribution in [1.29, 1.82) is 0 Å².